The minimum Gasteiger partial charge on any atom is -0.320 e. The summed E-state index contributed by atoms with van der Waals surface area (Å²) in [5.41, 5.74) is 0.677. The van der Waals surface area contributed by atoms with Gasteiger partial charge in [-0.15, -0.1) is 0 Å². The molecule has 0 atom stereocenters. The molecule has 2 rings (SSSR count). The fraction of sp³-hybridized carbons (Fsp3) is 0.200. The molecule has 4 nitrogen and oxygen atoms in total. The third-order valence-electron chi connectivity index (χ3n) is 2.85. The number of halogens is 2. The van der Waals surface area contributed by atoms with Gasteiger partial charge < -0.3 is 10.6 Å². The number of hydrogen-bond donors (Lipinski definition) is 2. The van der Waals surface area contributed by atoms with E-state index in [1.54, 1.807) is 12.4 Å². The van der Waals surface area contributed by atoms with Crippen molar-refractivity contribution < 1.29 is 13.6 Å². The van der Waals surface area contributed by atoms with Gasteiger partial charge in [-0.3, -0.25) is 9.78 Å². The molecule has 0 aliphatic rings. The molecule has 0 bridgehead atoms. The molecule has 6 heteroatoms. The molecule has 0 saturated carbocycles. The summed E-state index contributed by atoms with van der Waals surface area (Å²) in [4.78, 5) is 15.5. The Morgan fingerprint density at radius 3 is 2.43 bits per heavy atom. The van der Waals surface area contributed by atoms with Crippen LogP contribution in [-0.2, 0) is 11.2 Å². The number of carbonyl (C=O) groups is 1. The van der Waals surface area contributed by atoms with E-state index < -0.39 is 23.2 Å². The highest BCUT2D eigenvalue weighted by Gasteiger charge is 2.11. The Labute approximate surface area is 121 Å². The minimum atomic E-state index is -0.792. The van der Waals surface area contributed by atoms with E-state index >= 15 is 0 Å². The summed E-state index contributed by atoms with van der Waals surface area (Å²) < 4.78 is 26.7. The third kappa shape index (κ3) is 4.61. The number of hydrogen-bond acceptors (Lipinski definition) is 3. The molecule has 0 saturated heterocycles. The van der Waals surface area contributed by atoms with Gasteiger partial charge in [0.15, 0.2) is 0 Å². The topological polar surface area (TPSA) is 54.0 Å². The van der Waals surface area contributed by atoms with Gasteiger partial charge in [-0.2, -0.15) is 0 Å². The lowest BCUT2D eigenvalue weighted by molar-refractivity contribution is -0.115. The fourth-order valence-electron chi connectivity index (χ4n) is 1.78. The summed E-state index contributed by atoms with van der Waals surface area (Å²) in [6, 6.07) is 7.20. The first kappa shape index (κ1) is 15.1. The van der Waals surface area contributed by atoms with Crippen molar-refractivity contribution in [1.82, 2.24) is 10.3 Å². The zero-order chi connectivity index (χ0) is 15.1. The van der Waals surface area contributed by atoms with Crippen LogP contribution in [0.4, 0.5) is 14.5 Å². The van der Waals surface area contributed by atoms with Crippen LogP contribution in [0.5, 0.6) is 0 Å². The molecule has 0 fully saturated rings. The maximum absolute atomic E-state index is 13.3. The first-order valence-electron chi connectivity index (χ1n) is 6.50. The van der Waals surface area contributed by atoms with E-state index in [-0.39, 0.29) is 6.54 Å². The van der Waals surface area contributed by atoms with Gasteiger partial charge in [-0.05, 0) is 42.8 Å². The molecule has 2 N–H and O–H groups in total. The maximum Gasteiger partial charge on any atom is 0.238 e. The highest BCUT2D eigenvalue weighted by atomic mass is 19.1. The molecule has 0 radical (unpaired) electrons. The fourth-order valence-corrected chi connectivity index (χ4v) is 1.78. The molecule has 0 aliphatic heterocycles. The molecule has 0 aliphatic carbocycles. The number of nitrogens with zero attached hydrogens (tertiary/aromatic N) is 1. The molecular weight excluding hydrogens is 276 g/mol. The van der Waals surface area contributed by atoms with Crippen molar-refractivity contribution in [3.8, 4) is 0 Å². The number of aromatic nitrogens is 1. The lowest BCUT2D eigenvalue weighted by Gasteiger charge is -2.08. The first-order valence-corrected chi connectivity index (χ1v) is 6.50. The highest BCUT2D eigenvalue weighted by molar-refractivity contribution is 5.92. The highest BCUT2D eigenvalue weighted by Crippen LogP contribution is 2.17. The van der Waals surface area contributed by atoms with Crippen LogP contribution in [0.25, 0.3) is 0 Å². The molecule has 1 heterocycles. The van der Waals surface area contributed by atoms with E-state index in [0.717, 1.165) is 24.1 Å². The number of carbonyl (C=O) groups excluding carboxylic acids is 1. The molecule has 1 amide bonds. The second-order valence-corrected chi connectivity index (χ2v) is 4.43. The SMILES string of the molecule is O=C(CNCCc1ccncc1)Nc1c(F)cccc1F. The average Bonchev–Trinajstić information content (AvgIpc) is 2.49. The van der Waals surface area contributed by atoms with Crippen LogP contribution in [0, 0.1) is 11.6 Å². The van der Waals surface area contributed by atoms with Gasteiger partial charge in [0.05, 0.1) is 6.54 Å². The number of amides is 1. The lowest BCUT2D eigenvalue weighted by atomic mass is 10.2. The van der Waals surface area contributed by atoms with Crippen LogP contribution in [-0.4, -0.2) is 24.0 Å². The molecule has 1 aromatic heterocycles. The largest absolute Gasteiger partial charge is 0.320 e. The first-order chi connectivity index (χ1) is 10.2. The second-order valence-electron chi connectivity index (χ2n) is 4.43. The number of nitrogens with one attached hydrogen (secondary N) is 2. The van der Waals surface area contributed by atoms with E-state index in [1.807, 2.05) is 12.1 Å². The summed E-state index contributed by atoms with van der Waals surface area (Å²) in [5, 5.41) is 5.13. The van der Waals surface area contributed by atoms with Gasteiger partial charge >= 0.3 is 0 Å². The molecule has 2 aromatic rings. The van der Waals surface area contributed by atoms with Crippen molar-refractivity contribution in [3.63, 3.8) is 0 Å². The van der Waals surface area contributed by atoms with Crippen LogP contribution in [0.1, 0.15) is 5.56 Å². The van der Waals surface area contributed by atoms with Crippen LogP contribution in [0.15, 0.2) is 42.7 Å². The average molecular weight is 291 g/mol. The smallest absolute Gasteiger partial charge is 0.238 e. The predicted octanol–water partition coefficient (Wildman–Crippen LogP) is 2.13. The lowest BCUT2D eigenvalue weighted by Crippen LogP contribution is -2.30. The Kier molecular flexibility index (Phi) is 5.34. The van der Waals surface area contributed by atoms with Crippen molar-refractivity contribution in [2.45, 2.75) is 6.42 Å². The number of benzene rings is 1. The normalized spacial score (nSPS) is 10.4. The molecule has 0 spiro atoms. The summed E-state index contributed by atoms with van der Waals surface area (Å²) in [6.07, 6.45) is 4.13. The van der Waals surface area contributed by atoms with Crippen LogP contribution in [0.3, 0.4) is 0 Å². The quantitative estimate of drug-likeness (QED) is 0.802. The van der Waals surface area contributed by atoms with Gasteiger partial charge in [-0.25, -0.2) is 8.78 Å². The zero-order valence-electron chi connectivity index (χ0n) is 11.3. The van der Waals surface area contributed by atoms with Crippen molar-refractivity contribution in [3.05, 3.63) is 59.9 Å². The van der Waals surface area contributed by atoms with Gasteiger partial charge in [0.25, 0.3) is 0 Å². The van der Waals surface area contributed by atoms with Gasteiger partial charge in [0.2, 0.25) is 5.91 Å². The molecule has 0 unspecified atom stereocenters. The molecule has 1 aromatic carbocycles. The van der Waals surface area contributed by atoms with Crippen LogP contribution < -0.4 is 10.6 Å². The van der Waals surface area contributed by atoms with E-state index in [9.17, 15) is 13.6 Å². The summed E-state index contributed by atoms with van der Waals surface area (Å²) in [5.74, 6) is -2.08. The number of para-hydroxylation sites is 1. The summed E-state index contributed by atoms with van der Waals surface area (Å²) >= 11 is 0. The molecule has 110 valence electrons. The van der Waals surface area contributed by atoms with E-state index in [0.29, 0.717) is 6.54 Å². The molecule has 21 heavy (non-hydrogen) atoms. The Morgan fingerprint density at radius 1 is 1.10 bits per heavy atom. The van der Waals surface area contributed by atoms with Gasteiger partial charge in [-0.1, -0.05) is 6.07 Å². The Balaban J connectivity index is 1.75. The molecular formula is C15H15F2N3O. The standard InChI is InChI=1S/C15H15F2N3O/c16-12-2-1-3-13(17)15(12)20-14(21)10-19-9-6-11-4-7-18-8-5-11/h1-5,7-8,19H,6,9-10H2,(H,20,21). The van der Waals surface area contributed by atoms with Crippen molar-refractivity contribution in [2.75, 3.05) is 18.4 Å². The second kappa shape index (κ2) is 7.44. The van der Waals surface area contributed by atoms with Crippen molar-refractivity contribution in [2.24, 2.45) is 0 Å². The van der Waals surface area contributed by atoms with Gasteiger partial charge in [0.1, 0.15) is 17.3 Å². The van der Waals surface area contributed by atoms with Gasteiger partial charge in [0, 0.05) is 12.4 Å². The monoisotopic (exact) mass is 291 g/mol. The van der Waals surface area contributed by atoms with E-state index in [2.05, 4.69) is 15.6 Å². The van der Waals surface area contributed by atoms with E-state index in [4.69, 9.17) is 0 Å². The Morgan fingerprint density at radius 2 is 1.76 bits per heavy atom. The Hall–Kier alpha value is -2.34. The van der Waals surface area contributed by atoms with Crippen molar-refractivity contribution in [1.29, 1.82) is 0 Å². The predicted molar refractivity (Wildman–Crippen MR) is 75.8 cm³/mol. The number of anilines is 1. The Bertz CT molecular complexity index is 585. The van der Waals surface area contributed by atoms with Crippen molar-refractivity contribution >= 4 is 11.6 Å². The maximum atomic E-state index is 13.3. The third-order valence-corrected chi connectivity index (χ3v) is 2.85. The van der Waals surface area contributed by atoms with Crippen LogP contribution in [0.2, 0.25) is 0 Å². The van der Waals surface area contributed by atoms with Crippen LogP contribution >= 0.6 is 0 Å². The summed E-state index contributed by atoms with van der Waals surface area (Å²) in [6.45, 7) is 0.566. The zero-order valence-corrected chi connectivity index (χ0v) is 11.3. The van der Waals surface area contributed by atoms with E-state index in [1.165, 1.54) is 6.07 Å². The number of rotatable bonds is 6. The number of pyridine rings is 1. The minimum absolute atomic E-state index is 0.0150. The summed E-state index contributed by atoms with van der Waals surface area (Å²) in [7, 11) is 0.